The summed E-state index contributed by atoms with van der Waals surface area (Å²) in [6, 6.07) is 9.71. The van der Waals surface area contributed by atoms with Gasteiger partial charge < -0.3 is 5.32 Å². The highest BCUT2D eigenvalue weighted by Gasteiger charge is 2.27. The Morgan fingerprint density at radius 2 is 2.13 bits per heavy atom. The molecule has 0 amide bonds. The van der Waals surface area contributed by atoms with Crippen molar-refractivity contribution < 1.29 is 4.39 Å². The van der Waals surface area contributed by atoms with E-state index in [2.05, 4.69) is 22.2 Å². The van der Waals surface area contributed by atoms with Gasteiger partial charge in [-0.2, -0.15) is 0 Å². The van der Waals surface area contributed by atoms with Gasteiger partial charge in [0, 0.05) is 6.20 Å². The minimum absolute atomic E-state index is 0.123. The Balaban J connectivity index is 1.68. The van der Waals surface area contributed by atoms with E-state index < -0.39 is 6.17 Å². The van der Waals surface area contributed by atoms with Crippen LogP contribution >= 0.6 is 0 Å². The predicted octanol–water partition coefficient (Wildman–Crippen LogP) is 4.01. The predicted molar refractivity (Wildman–Crippen MR) is 89.3 cm³/mol. The Hall–Kier alpha value is -2.43. The zero-order valence-electron chi connectivity index (χ0n) is 13.0. The van der Waals surface area contributed by atoms with Crippen molar-refractivity contribution in [3.8, 4) is 11.4 Å². The molecule has 3 heterocycles. The summed E-state index contributed by atoms with van der Waals surface area (Å²) in [4.78, 5) is 9.08. The normalized spacial score (nSPS) is 21.0. The molecule has 2 atom stereocenters. The lowest BCUT2D eigenvalue weighted by Crippen LogP contribution is -2.25. The van der Waals surface area contributed by atoms with Gasteiger partial charge in [-0.25, -0.2) is 14.4 Å². The van der Waals surface area contributed by atoms with Crippen LogP contribution in [-0.4, -0.2) is 26.6 Å². The van der Waals surface area contributed by atoms with Gasteiger partial charge in [0.15, 0.2) is 0 Å². The third-order valence-electron chi connectivity index (χ3n) is 4.43. The van der Waals surface area contributed by atoms with Gasteiger partial charge in [-0.15, -0.1) is 0 Å². The van der Waals surface area contributed by atoms with Crippen molar-refractivity contribution in [2.45, 2.75) is 38.4 Å². The smallest absolute Gasteiger partial charge is 0.137 e. The second-order valence-corrected chi connectivity index (χ2v) is 6.18. The maximum Gasteiger partial charge on any atom is 0.137 e. The molecule has 0 aromatic carbocycles. The van der Waals surface area contributed by atoms with E-state index in [0.29, 0.717) is 6.42 Å². The molecule has 23 heavy (non-hydrogen) atoms. The molecule has 0 aliphatic heterocycles. The van der Waals surface area contributed by atoms with Crippen molar-refractivity contribution in [2.75, 3.05) is 5.32 Å². The van der Waals surface area contributed by atoms with Gasteiger partial charge in [0.2, 0.25) is 0 Å². The summed E-state index contributed by atoms with van der Waals surface area (Å²) >= 11 is 0. The van der Waals surface area contributed by atoms with E-state index in [-0.39, 0.29) is 6.04 Å². The number of aryl methyl sites for hydroxylation is 1. The lowest BCUT2D eigenvalue weighted by atomic mass is 10.2. The first-order valence-corrected chi connectivity index (χ1v) is 8.02. The van der Waals surface area contributed by atoms with Crippen LogP contribution in [0.2, 0.25) is 0 Å². The first-order valence-electron chi connectivity index (χ1n) is 8.02. The average molecular weight is 310 g/mol. The van der Waals surface area contributed by atoms with Crippen LogP contribution in [-0.2, 0) is 0 Å². The average Bonchev–Trinajstić information content (AvgIpc) is 3.14. The number of pyridine rings is 2. The maximum absolute atomic E-state index is 13.8. The Morgan fingerprint density at radius 3 is 2.96 bits per heavy atom. The summed E-state index contributed by atoms with van der Waals surface area (Å²) < 4.78 is 15.8. The van der Waals surface area contributed by atoms with Crippen LogP contribution < -0.4 is 5.32 Å². The number of imidazole rings is 1. The van der Waals surface area contributed by atoms with Gasteiger partial charge >= 0.3 is 0 Å². The highest BCUT2D eigenvalue weighted by molar-refractivity contribution is 5.62. The minimum Gasteiger partial charge on any atom is -0.364 e. The number of aromatic nitrogens is 3. The molecule has 1 fully saturated rings. The van der Waals surface area contributed by atoms with Gasteiger partial charge in [0.1, 0.15) is 17.6 Å². The Bertz CT molecular complexity index is 842. The van der Waals surface area contributed by atoms with Gasteiger partial charge in [-0.05, 0) is 49.9 Å². The molecule has 1 aliphatic carbocycles. The fourth-order valence-electron chi connectivity index (χ4n) is 3.20. The van der Waals surface area contributed by atoms with Gasteiger partial charge in [-0.1, -0.05) is 12.1 Å². The highest BCUT2D eigenvalue weighted by Crippen LogP contribution is 2.26. The second-order valence-electron chi connectivity index (χ2n) is 6.18. The zero-order valence-corrected chi connectivity index (χ0v) is 13.0. The van der Waals surface area contributed by atoms with Crippen molar-refractivity contribution in [3.05, 3.63) is 48.3 Å². The number of nitrogens with one attached hydrogen (secondary N) is 1. The van der Waals surface area contributed by atoms with Gasteiger partial charge in [0.25, 0.3) is 0 Å². The van der Waals surface area contributed by atoms with Crippen LogP contribution in [0.3, 0.4) is 0 Å². The number of rotatable bonds is 3. The Labute approximate surface area is 134 Å². The summed E-state index contributed by atoms with van der Waals surface area (Å²) in [7, 11) is 0. The molecule has 3 aromatic rings. The lowest BCUT2D eigenvalue weighted by molar-refractivity contribution is 0.323. The third kappa shape index (κ3) is 2.67. The first kappa shape index (κ1) is 14.2. The van der Waals surface area contributed by atoms with Crippen LogP contribution in [0.15, 0.2) is 42.7 Å². The van der Waals surface area contributed by atoms with Crippen molar-refractivity contribution in [1.82, 2.24) is 14.4 Å². The molecule has 118 valence electrons. The molecule has 0 saturated heterocycles. The molecule has 1 saturated carbocycles. The van der Waals surface area contributed by atoms with E-state index in [9.17, 15) is 4.39 Å². The minimum atomic E-state index is -0.779. The molecular weight excluding hydrogens is 291 g/mol. The molecule has 4 rings (SSSR count). The summed E-state index contributed by atoms with van der Waals surface area (Å²) in [5, 5.41) is 3.24. The van der Waals surface area contributed by atoms with Crippen LogP contribution in [0.1, 0.15) is 24.8 Å². The standard InChI is InChI=1S/C18H19FN4/c1-12-8-9-18-20-10-16(23(18)11-12)15-6-3-7-17(22-15)21-14-5-2-4-13(14)19/h3,6-11,13-14H,2,4-5H2,1H3,(H,21,22)/t13-,14-/m0/s1. The van der Waals surface area contributed by atoms with Crippen molar-refractivity contribution >= 4 is 11.5 Å². The van der Waals surface area contributed by atoms with Crippen molar-refractivity contribution in [3.63, 3.8) is 0 Å². The highest BCUT2D eigenvalue weighted by atomic mass is 19.1. The van der Waals surface area contributed by atoms with E-state index in [0.717, 1.165) is 41.3 Å². The molecule has 1 aliphatic rings. The molecular formula is C18H19FN4. The van der Waals surface area contributed by atoms with E-state index in [1.807, 2.05) is 47.1 Å². The summed E-state index contributed by atoms with van der Waals surface area (Å²) in [5.74, 6) is 0.722. The fraction of sp³-hybridized carbons (Fsp3) is 0.333. The molecule has 3 aromatic heterocycles. The number of alkyl halides is 1. The van der Waals surface area contributed by atoms with Gasteiger partial charge in [0.05, 0.1) is 23.6 Å². The summed E-state index contributed by atoms with van der Waals surface area (Å²) in [6.07, 6.45) is 5.54. The van der Waals surface area contributed by atoms with Crippen molar-refractivity contribution in [2.24, 2.45) is 0 Å². The van der Waals surface area contributed by atoms with E-state index in [1.54, 1.807) is 0 Å². The summed E-state index contributed by atoms with van der Waals surface area (Å²) in [6.45, 7) is 2.05. The molecule has 0 unspecified atom stereocenters. The molecule has 0 bridgehead atoms. The van der Waals surface area contributed by atoms with E-state index >= 15 is 0 Å². The molecule has 4 nitrogen and oxygen atoms in total. The topological polar surface area (TPSA) is 42.2 Å². The van der Waals surface area contributed by atoms with Crippen LogP contribution in [0, 0.1) is 6.92 Å². The molecule has 1 N–H and O–H groups in total. The molecule has 0 radical (unpaired) electrons. The number of hydrogen-bond acceptors (Lipinski definition) is 3. The van der Waals surface area contributed by atoms with Crippen LogP contribution in [0.4, 0.5) is 10.2 Å². The first-order chi connectivity index (χ1) is 11.2. The Kier molecular flexibility index (Phi) is 3.48. The number of hydrogen-bond donors (Lipinski definition) is 1. The van der Waals surface area contributed by atoms with E-state index in [1.165, 1.54) is 0 Å². The second kappa shape index (κ2) is 5.65. The Morgan fingerprint density at radius 1 is 1.22 bits per heavy atom. The third-order valence-corrected chi connectivity index (χ3v) is 4.43. The SMILES string of the molecule is Cc1ccc2ncc(-c3cccc(N[C@H]4CCC[C@@H]4F)n3)n2c1. The van der Waals surface area contributed by atoms with Crippen LogP contribution in [0.5, 0.6) is 0 Å². The lowest BCUT2D eigenvalue weighted by Gasteiger charge is -2.16. The number of anilines is 1. The number of halogens is 1. The fourth-order valence-corrected chi connectivity index (χ4v) is 3.20. The molecule has 0 spiro atoms. The monoisotopic (exact) mass is 310 g/mol. The quantitative estimate of drug-likeness (QED) is 0.795. The summed E-state index contributed by atoms with van der Waals surface area (Å²) in [5.41, 5.74) is 3.83. The van der Waals surface area contributed by atoms with Gasteiger partial charge in [-0.3, -0.25) is 4.40 Å². The largest absolute Gasteiger partial charge is 0.364 e. The number of fused-ring (bicyclic) bond motifs is 1. The molecule has 5 heteroatoms. The van der Waals surface area contributed by atoms with E-state index in [4.69, 9.17) is 0 Å². The maximum atomic E-state index is 13.8. The van der Waals surface area contributed by atoms with Crippen LogP contribution in [0.25, 0.3) is 17.0 Å². The zero-order chi connectivity index (χ0) is 15.8. The number of nitrogens with zero attached hydrogens (tertiary/aromatic N) is 3. The van der Waals surface area contributed by atoms with Crippen molar-refractivity contribution in [1.29, 1.82) is 0 Å².